The zero-order chi connectivity index (χ0) is 25.3. The minimum atomic E-state index is -1.41. The molecule has 1 aliphatic heterocycles. The van der Waals surface area contributed by atoms with E-state index < -0.39 is 51.6 Å². The Labute approximate surface area is 224 Å². The lowest BCUT2D eigenvalue weighted by molar-refractivity contribution is 0.102. The van der Waals surface area contributed by atoms with E-state index in [4.69, 9.17) is 10.5 Å². The van der Waals surface area contributed by atoms with Crippen LogP contribution in [-0.4, -0.2) is 37.1 Å². The van der Waals surface area contributed by atoms with Crippen LogP contribution in [-0.2, 0) is 0 Å². The predicted molar refractivity (Wildman–Crippen MR) is 139 cm³/mol. The molecular formula is C25H26Cl2F4N4O2. The summed E-state index contributed by atoms with van der Waals surface area (Å²) >= 11 is 0. The maximum atomic E-state index is 15.4. The van der Waals surface area contributed by atoms with Crippen molar-refractivity contribution in [3.8, 4) is 16.9 Å². The van der Waals surface area contributed by atoms with E-state index in [-0.39, 0.29) is 30.9 Å². The maximum absolute atomic E-state index is 15.4. The first kappa shape index (κ1) is 30.1. The lowest BCUT2D eigenvalue weighted by Crippen LogP contribution is -2.46. The van der Waals surface area contributed by atoms with Crippen LogP contribution in [0, 0.1) is 29.2 Å². The molecule has 1 aliphatic rings. The number of aromatic nitrogens is 1. The van der Waals surface area contributed by atoms with Gasteiger partial charge in [0.1, 0.15) is 17.5 Å². The van der Waals surface area contributed by atoms with Crippen molar-refractivity contribution < 1.29 is 27.1 Å². The highest BCUT2D eigenvalue weighted by Gasteiger charge is 2.28. The number of amides is 1. The summed E-state index contributed by atoms with van der Waals surface area (Å²) in [5, 5.41) is 2.59. The molecule has 3 N–H and O–H groups in total. The molecule has 3 aromatic rings. The zero-order valence-electron chi connectivity index (χ0n) is 19.9. The van der Waals surface area contributed by atoms with Gasteiger partial charge in [-0.25, -0.2) is 17.6 Å². The van der Waals surface area contributed by atoms with Crippen LogP contribution in [0.5, 0.6) is 5.75 Å². The van der Waals surface area contributed by atoms with Gasteiger partial charge in [0.15, 0.2) is 11.6 Å². The Bertz CT molecular complexity index is 1270. The molecule has 0 radical (unpaired) electrons. The maximum Gasteiger partial charge on any atom is 0.258 e. The number of carbonyl (C=O) groups is 1. The summed E-state index contributed by atoms with van der Waals surface area (Å²) in [6.45, 7) is 3.32. The van der Waals surface area contributed by atoms with Crippen molar-refractivity contribution in [2.24, 2.45) is 11.7 Å². The van der Waals surface area contributed by atoms with Gasteiger partial charge in [-0.2, -0.15) is 0 Å². The van der Waals surface area contributed by atoms with E-state index in [1.807, 2.05) is 4.90 Å². The van der Waals surface area contributed by atoms with Gasteiger partial charge in [0.25, 0.3) is 5.91 Å². The summed E-state index contributed by atoms with van der Waals surface area (Å²) in [5.74, 6) is -6.15. The van der Waals surface area contributed by atoms with E-state index >= 15 is 4.39 Å². The number of methoxy groups -OCH3 is 1. The van der Waals surface area contributed by atoms with Gasteiger partial charge < -0.3 is 20.7 Å². The molecular weight excluding hydrogens is 535 g/mol. The van der Waals surface area contributed by atoms with Gasteiger partial charge in [-0.15, -0.1) is 24.8 Å². The van der Waals surface area contributed by atoms with Crippen molar-refractivity contribution in [1.82, 2.24) is 4.98 Å². The standard InChI is InChI=1S/C25H24F4N4O2.2ClH/c1-13-9-14(30)12-33(11-13)19-7-8-31-10-18(19)32-25(34)15-3-4-16(26)21(23(15)28)22-17(27)5-6-20(35-2)24(22)29;;/h3-8,10,13-14H,9,11-12,30H2,1-2H3,(H,32,34);2*1H/t13-,14+;;/m1../s1. The lowest BCUT2D eigenvalue weighted by Gasteiger charge is -2.37. The molecule has 2 heterocycles. The van der Waals surface area contributed by atoms with Gasteiger partial charge in [0.2, 0.25) is 0 Å². The number of benzene rings is 2. The molecule has 6 nitrogen and oxygen atoms in total. The predicted octanol–water partition coefficient (Wildman–Crippen LogP) is 5.58. The van der Waals surface area contributed by atoms with Gasteiger partial charge in [-0.05, 0) is 42.7 Å². The van der Waals surface area contributed by atoms with Gasteiger partial charge >= 0.3 is 0 Å². The van der Waals surface area contributed by atoms with Crippen molar-refractivity contribution >= 4 is 42.1 Å². The Morgan fingerprint density at radius 3 is 2.32 bits per heavy atom. The topological polar surface area (TPSA) is 80.5 Å². The second-order valence-corrected chi connectivity index (χ2v) is 8.58. The van der Waals surface area contributed by atoms with Crippen molar-refractivity contribution in [3.05, 3.63) is 71.6 Å². The summed E-state index contributed by atoms with van der Waals surface area (Å²) in [6, 6.07) is 5.16. The molecule has 2 aromatic carbocycles. The van der Waals surface area contributed by atoms with E-state index in [2.05, 4.69) is 17.2 Å². The Balaban J connectivity index is 0.00000241. The second kappa shape index (κ2) is 12.4. The second-order valence-electron chi connectivity index (χ2n) is 8.58. The molecule has 0 spiro atoms. The average Bonchev–Trinajstić information content (AvgIpc) is 2.81. The number of anilines is 2. The number of rotatable bonds is 5. The Morgan fingerprint density at radius 1 is 1.03 bits per heavy atom. The smallest absolute Gasteiger partial charge is 0.258 e. The van der Waals surface area contributed by atoms with Crippen LogP contribution in [0.25, 0.3) is 11.1 Å². The molecule has 1 fully saturated rings. The molecule has 200 valence electrons. The Morgan fingerprint density at radius 2 is 1.68 bits per heavy atom. The van der Waals surface area contributed by atoms with Crippen LogP contribution in [0.1, 0.15) is 23.7 Å². The largest absolute Gasteiger partial charge is 0.494 e. The highest BCUT2D eigenvalue weighted by Crippen LogP contribution is 2.36. The average molecular weight is 561 g/mol. The quantitative estimate of drug-likeness (QED) is 0.398. The first-order chi connectivity index (χ1) is 16.7. The first-order valence-electron chi connectivity index (χ1n) is 11.0. The molecule has 1 amide bonds. The normalized spacial score (nSPS) is 16.9. The van der Waals surface area contributed by atoms with E-state index in [9.17, 15) is 18.0 Å². The number of hydrogen-bond donors (Lipinski definition) is 2. The molecule has 0 aliphatic carbocycles. The number of piperidine rings is 1. The fourth-order valence-electron chi connectivity index (χ4n) is 4.42. The third kappa shape index (κ3) is 6.08. The van der Waals surface area contributed by atoms with E-state index in [1.54, 1.807) is 12.3 Å². The van der Waals surface area contributed by atoms with Gasteiger partial charge in [-0.3, -0.25) is 9.78 Å². The van der Waals surface area contributed by atoms with Gasteiger partial charge in [0, 0.05) is 25.3 Å². The Kier molecular flexibility index (Phi) is 10.1. The molecule has 1 aromatic heterocycles. The molecule has 12 heteroatoms. The molecule has 0 saturated carbocycles. The summed E-state index contributed by atoms with van der Waals surface area (Å²) in [6.07, 6.45) is 3.83. The van der Waals surface area contributed by atoms with Crippen LogP contribution >= 0.6 is 24.8 Å². The minimum absolute atomic E-state index is 0. The minimum Gasteiger partial charge on any atom is -0.494 e. The molecule has 2 atom stereocenters. The van der Waals surface area contributed by atoms with Crippen LogP contribution in [0.3, 0.4) is 0 Å². The molecule has 0 bridgehead atoms. The fourth-order valence-corrected chi connectivity index (χ4v) is 4.42. The number of ether oxygens (including phenoxy) is 1. The van der Waals surface area contributed by atoms with E-state index in [1.165, 1.54) is 6.20 Å². The first-order valence-corrected chi connectivity index (χ1v) is 11.0. The monoisotopic (exact) mass is 560 g/mol. The third-order valence-corrected chi connectivity index (χ3v) is 5.94. The van der Waals surface area contributed by atoms with Crippen molar-refractivity contribution in [2.75, 3.05) is 30.4 Å². The number of halogens is 6. The molecule has 1 saturated heterocycles. The third-order valence-electron chi connectivity index (χ3n) is 5.94. The number of pyridine rings is 1. The van der Waals surface area contributed by atoms with Crippen molar-refractivity contribution in [2.45, 2.75) is 19.4 Å². The summed E-state index contributed by atoms with van der Waals surface area (Å²) in [7, 11) is 1.14. The van der Waals surface area contributed by atoms with Gasteiger partial charge in [0.05, 0.1) is 41.4 Å². The number of nitrogens with two attached hydrogens (primary N) is 1. The van der Waals surface area contributed by atoms with Crippen molar-refractivity contribution in [1.29, 1.82) is 0 Å². The van der Waals surface area contributed by atoms with Crippen LogP contribution in [0.15, 0.2) is 42.7 Å². The number of carbonyl (C=O) groups excluding carboxylic acids is 1. The summed E-state index contributed by atoms with van der Waals surface area (Å²) in [5.41, 5.74) is 4.52. The van der Waals surface area contributed by atoms with E-state index in [0.717, 1.165) is 37.8 Å². The Hall–Kier alpha value is -3.08. The highest BCUT2D eigenvalue weighted by atomic mass is 35.5. The fraction of sp³-hybridized carbons (Fsp3) is 0.280. The summed E-state index contributed by atoms with van der Waals surface area (Å²) in [4.78, 5) is 19.1. The SMILES string of the molecule is COc1ccc(F)c(-c2c(F)ccc(C(=O)Nc3cnccc3N3C[C@H](C)C[C@H](N)C3)c2F)c1F.Cl.Cl. The van der Waals surface area contributed by atoms with Crippen LogP contribution in [0.2, 0.25) is 0 Å². The highest BCUT2D eigenvalue weighted by molar-refractivity contribution is 6.06. The number of nitrogens with zero attached hydrogens (tertiary/aromatic N) is 2. The summed E-state index contributed by atoms with van der Waals surface area (Å²) < 4.78 is 64.0. The molecule has 4 rings (SSSR count). The molecule has 37 heavy (non-hydrogen) atoms. The van der Waals surface area contributed by atoms with Crippen LogP contribution < -0.4 is 20.7 Å². The van der Waals surface area contributed by atoms with Crippen molar-refractivity contribution in [3.63, 3.8) is 0 Å². The number of nitrogens with one attached hydrogen (secondary N) is 1. The van der Waals surface area contributed by atoms with Gasteiger partial charge in [-0.1, -0.05) is 6.92 Å². The number of hydrogen-bond acceptors (Lipinski definition) is 5. The zero-order valence-corrected chi connectivity index (χ0v) is 21.6. The van der Waals surface area contributed by atoms with E-state index in [0.29, 0.717) is 30.4 Å². The van der Waals surface area contributed by atoms with Crippen LogP contribution in [0.4, 0.5) is 28.9 Å². The molecule has 0 unspecified atom stereocenters. The lowest BCUT2D eigenvalue weighted by atomic mass is 9.96.